The maximum atomic E-state index is 13.2. The van der Waals surface area contributed by atoms with Gasteiger partial charge in [-0.3, -0.25) is 9.20 Å². The van der Waals surface area contributed by atoms with E-state index in [1.807, 2.05) is 4.40 Å². The zero-order valence-electron chi connectivity index (χ0n) is 20.4. The Morgan fingerprint density at radius 2 is 1.71 bits per heavy atom. The van der Waals surface area contributed by atoms with Gasteiger partial charge in [-0.15, -0.1) is 0 Å². The lowest BCUT2D eigenvalue weighted by atomic mass is 9.87. The van der Waals surface area contributed by atoms with E-state index >= 15 is 0 Å². The van der Waals surface area contributed by atoms with Crippen LogP contribution in [0.5, 0.6) is 0 Å². The molecule has 196 valence electrons. The van der Waals surface area contributed by atoms with Crippen LogP contribution in [0.25, 0.3) is 16.8 Å². The Labute approximate surface area is 215 Å². The highest BCUT2D eigenvalue weighted by Gasteiger charge is 2.60. The number of hydrogen-bond acceptors (Lipinski definition) is 5. The molecular weight excluding hydrogens is 497 g/mol. The van der Waals surface area contributed by atoms with E-state index in [1.165, 1.54) is 19.1 Å². The molecule has 0 spiro atoms. The lowest BCUT2D eigenvalue weighted by Crippen LogP contribution is -2.23. The zero-order valence-corrected chi connectivity index (χ0v) is 20.4. The van der Waals surface area contributed by atoms with E-state index in [2.05, 4.69) is 4.98 Å². The highest BCUT2D eigenvalue weighted by atomic mass is 19.4. The van der Waals surface area contributed by atoms with E-state index in [-0.39, 0.29) is 29.2 Å². The van der Waals surface area contributed by atoms with Gasteiger partial charge < -0.3 is 15.9 Å². The molecule has 2 heterocycles. The summed E-state index contributed by atoms with van der Waals surface area (Å²) in [6.45, 7) is 1.46. The fraction of sp³-hybridized carbons (Fsp3) is 0.321. The fourth-order valence-electron chi connectivity index (χ4n) is 6.11. The number of carboxylic acid groups (broad SMARTS) is 1. The van der Waals surface area contributed by atoms with Gasteiger partial charge in [0.2, 0.25) is 0 Å². The van der Waals surface area contributed by atoms with Crippen LogP contribution in [0.1, 0.15) is 48.2 Å². The molecule has 6 rings (SSSR count). The van der Waals surface area contributed by atoms with E-state index in [0.717, 1.165) is 30.8 Å². The van der Waals surface area contributed by atoms with Crippen LogP contribution in [0.15, 0.2) is 60.9 Å². The molecule has 0 amide bonds. The molecule has 38 heavy (non-hydrogen) atoms. The Bertz CT molecular complexity index is 1550. The molecule has 2 aliphatic carbocycles. The van der Waals surface area contributed by atoms with Crippen LogP contribution < -0.4 is 5.73 Å². The maximum absolute atomic E-state index is 13.2. The number of nitrogen functional groups attached to an aromatic ring is 1. The van der Waals surface area contributed by atoms with Gasteiger partial charge in [-0.25, -0.2) is 9.97 Å². The van der Waals surface area contributed by atoms with Crippen molar-refractivity contribution in [2.24, 2.45) is 17.8 Å². The summed E-state index contributed by atoms with van der Waals surface area (Å²) in [7, 11) is 0. The molecule has 0 aliphatic heterocycles. The van der Waals surface area contributed by atoms with Crippen molar-refractivity contribution in [1.82, 2.24) is 14.4 Å². The number of nitrogens with zero attached hydrogens (tertiary/aromatic N) is 3. The summed E-state index contributed by atoms with van der Waals surface area (Å²) in [5.74, 6) is 0.551. The predicted molar refractivity (Wildman–Crippen MR) is 133 cm³/mol. The van der Waals surface area contributed by atoms with Gasteiger partial charge in [-0.2, -0.15) is 13.2 Å². The van der Waals surface area contributed by atoms with E-state index in [4.69, 9.17) is 10.7 Å². The SMILES string of the molecule is C[C@@](O)(c1ccc(-c2nc(C3C[C@@H]4[C@H](C3)[C@H]4C(=O)O)n3ccnc(N)c23)cc1)c1cccc(C(F)(F)F)c1. The number of fused-ring (bicyclic) bond motifs is 2. The van der Waals surface area contributed by atoms with Crippen molar-refractivity contribution in [1.29, 1.82) is 0 Å². The number of rotatable bonds is 5. The summed E-state index contributed by atoms with van der Waals surface area (Å²) in [5.41, 5.74) is 6.26. The first-order chi connectivity index (χ1) is 18.0. The minimum atomic E-state index is -4.52. The number of alkyl halides is 3. The van der Waals surface area contributed by atoms with Crippen molar-refractivity contribution < 1.29 is 28.2 Å². The number of imidazole rings is 1. The van der Waals surface area contributed by atoms with Crippen molar-refractivity contribution in [2.45, 2.75) is 37.5 Å². The number of carbonyl (C=O) groups is 1. The molecule has 2 aromatic carbocycles. The monoisotopic (exact) mass is 522 g/mol. The molecule has 0 radical (unpaired) electrons. The summed E-state index contributed by atoms with van der Waals surface area (Å²) < 4.78 is 41.6. The Kier molecular flexibility index (Phi) is 5.33. The molecule has 0 saturated heterocycles. The van der Waals surface area contributed by atoms with Crippen LogP contribution in [-0.4, -0.2) is 30.6 Å². The average molecular weight is 523 g/mol. The third-order valence-corrected chi connectivity index (χ3v) is 8.18. The number of aromatic nitrogens is 3. The second kappa shape index (κ2) is 8.29. The predicted octanol–water partition coefficient (Wildman–Crippen LogP) is 5.08. The first-order valence-corrected chi connectivity index (χ1v) is 12.3. The Morgan fingerprint density at radius 1 is 1.05 bits per heavy atom. The van der Waals surface area contributed by atoms with Crippen molar-refractivity contribution in [2.75, 3.05) is 5.73 Å². The van der Waals surface area contributed by atoms with E-state index < -0.39 is 23.3 Å². The molecule has 2 saturated carbocycles. The van der Waals surface area contributed by atoms with Crippen molar-refractivity contribution in [3.8, 4) is 11.3 Å². The van der Waals surface area contributed by atoms with Crippen LogP contribution in [0.4, 0.5) is 19.0 Å². The maximum Gasteiger partial charge on any atom is 0.416 e. The summed E-state index contributed by atoms with van der Waals surface area (Å²) in [6.07, 6.45) is 0.381. The van der Waals surface area contributed by atoms with Crippen LogP contribution in [0.3, 0.4) is 0 Å². The van der Waals surface area contributed by atoms with Crippen molar-refractivity contribution >= 4 is 17.3 Å². The molecule has 4 aromatic rings. The van der Waals surface area contributed by atoms with Gasteiger partial charge in [0.25, 0.3) is 0 Å². The van der Waals surface area contributed by atoms with Gasteiger partial charge in [0.05, 0.1) is 11.5 Å². The van der Waals surface area contributed by atoms with Gasteiger partial charge in [-0.05, 0) is 54.9 Å². The molecule has 1 unspecified atom stereocenters. The molecule has 2 aliphatic rings. The highest BCUT2D eigenvalue weighted by Crippen LogP contribution is 2.62. The Balaban J connectivity index is 1.34. The van der Waals surface area contributed by atoms with Gasteiger partial charge in [0.1, 0.15) is 28.5 Å². The summed E-state index contributed by atoms with van der Waals surface area (Å²) in [5, 5.41) is 20.6. The summed E-state index contributed by atoms with van der Waals surface area (Å²) in [6, 6.07) is 11.5. The summed E-state index contributed by atoms with van der Waals surface area (Å²) >= 11 is 0. The molecule has 2 aromatic heterocycles. The number of halogens is 3. The van der Waals surface area contributed by atoms with Crippen LogP contribution in [-0.2, 0) is 16.6 Å². The van der Waals surface area contributed by atoms with Crippen LogP contribution in [0.2, 0.25) is 0 Å². The van der Waals surface area contributed by atoms with E-state index in [9.17, 15) is 28.2 Å². The van der Waals surface area contributed by atoms with Gasteiger partial charge >= 0.3 is 12.1 Å². The number of aliphatic carboxylic acids is 1. The molecule has 2 fully saturated rings. The topological polar surface area (TPSA) is 114 Å². The third-order valence-electron chi connectivity index (χ3n) is 8.18. The molecule has 7 nitrogen and oxygen atoms in total. The lowest BCUT2D eigenvalue weighted by molar-refractivity contribution is -0.139. The van der Waals surface area contributed by atoms with Crippen LogP contribution in [0, 0.1) is 17.8 Å². The van der Waals surface area contributed by atoms with Crippen molar-refractivity contribution in [3.05, 3.63) is 83.4 Å². The Hall–Kier alpha value is -3.92. The third kappa shape index (κ3) is 3.82. The quantitative estimate of drug-likeness (QED) is 0.337. The van der Waals surface area contributed by atoms with E-state index in [1.54, 1.807) is 36.7 Å². The van der Waals surface area contributed by atoms with Crippen molar-refractivity contribution in [3.63, 3.8) is 0 Å². The van der Waals surface area contributed by atoms with Crippen LogP contribution >= 0.6 is 0 Å². The van der Waals surface area contributed by atoms with Gasteiger partial charge in [-0.1, -0.05) is 36.4 Å². The minimum absolute atomic E-state index is 0.101. The number of carboxylic acids is 1. The number of benzene rings is 2. The smallest absolute Gasteiger partial charge is 0.416 e. The van der Waals surface area contributed by atoms with E-state index in [0.29, 0.717) is 28.2 Å². The standard InChI is InChI=1S/C28H25F3N4O3/c1-27(38,17-3-2-4-18(13-17)28(29,30)31)16-7-5-14(6-8-16)22-23-24(32)33-9-10-35(23)25(34-22)15-11-19-20(12-15)21(19)26(36)37/h2-10,13,15,19-21,38H,11-12H2,1H3,(H2,32,33)(H,36,37)/t15?,19-,20+,21+,27-/m1/s1. The first kappa shape index (κ1) is 24.4. The molecule has 10 heteroatoms. The largest absolute Gasteiger partial charge is 0.481 e. The zero-order chi connectivity index (χ0) is 27.0. The Morgan fingerprint density at radius 3 is 2.34 bits per heavy atom. The van der Waals surface area contributed by atoms with Gasteiger partial charge in [0.15, 0.2) is 0 Å². The van der Waals surface area contributed by atoms with Gasteiger partial charge in [0, 0.05) is 23.9 Å². The lowest BCUT2D eigenvalue weighted by Gasteiger charge is -2.25. The number of hydrogen-bond donors (Lipinski definition) is 3. The molecule has 5 atom stereocenters. The first-order valence-electron chi connectivity index (χ1n) is 12.3. The number of anilines is 1. The highest BCUT2D eigenvalue weighted by molar-refractivity contribution is 5.85. The fourth-order valence-corrected chi connectivity index (χ4v) is 6.11. The molecular formula is C28H25F3N4O3. The number of nitrogens with two attached hydrogens (primary N) is 1. The molecule has 0 bridgehead atoms. The molecule has 4 N–H and O–H groups in total. The second-order valence-electron chi connectivity index (χ2n) is 10.4. The average Bonchev–Trinajstić information content (AvgIpc) is 3.20. The number of aliphatic hydroxyl groups is 1. The minimum Gasteiger partial charge on any atom is -0.481 e. The normalized spacial score (nSPS) is 24.2. The summed E-state index contributed by atoms with van der Waals surface area (Å²) in [4.78, 5) is 20.5. The second-order valence-corrected chi connectivity index (χ2v) is 10.4.